The van der Waals surface area contributed by atoms with Gasteiger partial charge in [0, 0.05) is 27.6 Å². The normalized spacial score (nSPS) is 10.4. The van der Waals surface area contributed by atoms with E-state index in [4.69, 9.17) is 16.7 Å². The minimum absolute atomic E-state index is 0.605. The lowest BCUT2D eigenvalue weighted by molar-refractivity contribution is 1.42. The Morgan fingerprint density at radius 3 is 2.12 bits per heavy atom. The lowest BCUT2D eigenvalue weighted by Crippen LogP contribution is -1.94. The van der Waals surface area contributed by atoms with Gasteiger partial charge in [-0.25, -0.2) is 4.98 Å². The van der Waals surface area contributed by atoms with Crippen molar-refractivity contribution in [2.75, 3.05) is 11.5 Å². The van der Waals surface area contributed by atoms with Crippen LogP contribution < -0.4 is 11.5 Å². The molecule has 156 valence electrons. The summed E-state index contributed by atoms with van der Waals surface area (Å²) in [5.74, 6) is 0.605. The fourth-order valence-corrected chi connectivity index (χ4v) is 4.07. The number of nitrogen functional groups attached to an aromatic ring is 2. The molecule has 4 heteroatoms. The maximum absolute atomic E-state index is 9.07. The van der Waals surface area contributed by atoms with Crippen molar-refractivity contribution in [2.24, 2.45) is 0 Å². The number of rotatable bonds is 1. The van der Waals surface area contributed by atoms with Crippen LogP contribution in [-0.4, -0.2) is 4.98 Å². The molecule has 0 atom stereocenters. The molecule has 5 rings (SSSR count). The average Bonchev–Trinajstić information content (AvgIpc) is 2.80. The molecule has 0 aliphatic carbocycles. The van der Waals surface area contributed by atoms with Gasteiger partial charge in [-0.1, -0.05) is 66.7 Å². The molecule has 0 saturated carbocycles. The first-order valence-corrected chi connectivity index (χ1v) is 10.4. The summed E-state index contributed by atoms with van der Waals surface area (Å²) in [4.78, 5) is 4.44. The predicted molar refractivity (Wildman–Crippen MR) is 134 cm³/mol. The first kappa shape index (κ1) is 20.9. The smallest absolute Gasteiger partial charge is 0.131 e. The van der Waals surface area contributed by atoms with Gasteiger partial charge in [0.25, 0.3) is 0 Å². The van der Waals surface area contributed by atoms with Crippen molar-refractivity contribution in [1.29, 1.82) is 5.26 Å². The second-order valence-corrected chi connectivity index (χ2v) is 7.71. The average molecular weight is 417 g/mol. The molecule has 0 saturated heterocycles. The molecule has 0 spiro atoms. The number of hydrogen-bond donors (Lipinski definition) is 2. The highest BCUT2D eigenvalue weighted by atomic mass is 14.8. The van der Waals surface area contributed by atoms with Crippen LogP contribution in [0.2, 0.25) is 0 Å². The molecule has 4 nitrogen and oxygen atoms in total. The molecule has 0 amide bonds. The second kappa shape index (κ2) is 8.79. The minimum Gasteiger partial charge on any atom is -0.398 e. The Labute approximate surface area is 187 Å². The molecule has 0 fully saturated rings. The van der Waals surface area contributed by atoms with Gasteiger partial charge >= 0.3 is 0 Å². The highest BCUT2D eigenvalue weighted by molar-refractivity contribution is 6.10. The van der Waals surface area contributed by atoms with E-state index in [1.165, 1.54) is 16.3 Å². The van der Waals surface area contributed by atoms with E-state index in [0.29, 0.717) is 17.1 Å². The van der Waals surface area contributed by atoms with Crippen molar-refractivity contribution < 1.29 is 0 Å². The number of fused-ring (bicyclic) bond motifs is 3. The third-order valence-electron chi connectivity index (χ3n) is 5.59. The summed E-state index contributed by atoms with van der Waals surface area (Å²) >= 11 is 0. The minimum atomic E-state index is 0.605. The molecule has 4 aromatic carbocycles. The number of pyridine rings is 1. The van der Waals surface area contributed by atoms with Crippen LogP contribution in [0.1, 0.15) is 16.7 Å². The Hall–Kier alpha value is -4.36. The van der Waals surface area contributed by atoms with Gasteiger partial charge in [0.05, 0.1) is 17.1 Å². The van der Waals surface area contributed by atoms with E-state index in [2.05, 4.69) is 30.1 Å². The van der Waals surface area contributed by atoms with Crippen LogP contribution in [0.3, 0.4) is 0 Å². The lowest BCUT2D eigenvalue weighted by atomic mass is 9.95. The molecule has 0 aliphatic heterocycles. The largest absolute Gasteiger partial charge is 0.398 e. The Morgan fingerprint density at radius 2 is 1.38 bits per heavy atom. The van der Waals surface area contributed by atoms with Crippen molar-refractivity contribution >= 4 is 33.2 Å². The summed E-state index contributed by atoms with van der Waals surface area (Å²) < 4.78 is 0. The number of anilines is 2. The third kappa shape index (κ3) is 3.84. The molecule has 0 radical (unpaired) electrons. The Bertz CT molecular complexity index is 1460. The molecule has 4 N–H and O–H groups in total. The van der Waals surface area contributed by atoms with Crippen LogP contribution in [0, 0.1) is 25.2 Å². The SMILES string of the molecule is Cc1cccc(N)c1-c1ccccc1C#N.Cc1cccc2nc(N)c3ccccc3c12. The number of aromatic nitrogens is 1. The van der Waals surface area contributed by atoms with Gasteiger partial charge in [-0.15, -0.1) is 0 Å². The van der Waals surface area contributed by atoms with Gasteiger partial charge in [0.2, 0.25) is 0 Å². The summed E-state index contributed by atoms with van der Waals surface area (Å²) in [6, 6.07) is 29.7. The van der Waals surface area contributed by atoms with Gasteiger partial charge in [-0.05, 0) is 48.6 Å². The second-order valence-electron chi connectivity index (χ2n) is 7.71. The van der Waals surface area contributed by atoms with Crippen LogP contribution in [0.4, 0.5) is 11.5 Å². The summed E-state index contributed by atoms with van der Waals surface area (Å²) in [6.07, 6.45) is 0. The van der Waals surface area contributed by atoms with E-state index in [0.717, 1.165) is 27.6 Å². The number of nitrogens with two attached hydrogens (primary N) is 2. The molecule has 0 bridgehead atoms. The third-order valence-corrected chi connectivity index (χ3v) is 5.59. The van der Waals surface area contributed by atoms with Crippen molar-refractivity contribution in [3.8, 4) is 17.2 Å². The zero-order valence-electron chi connectivity index (χ0n) is 18.1. The van der Waals surface area contributed by atoms with Crippen LogP contribution in [-0.2, 0) is 0 Å². The van der Waals surface area contributed by atoms with Crippen LogP contribution in [0.15, 0.2) is 84.9 Å². The van der Waals surface area contributed by atoms with Gasteiger partial charge in [0.1, 0.15) is 5.82 Å². The van der Waals surface area contributed by atoms with Crippen molar-refractivity contribution in [3.05, 3.63) is 102 Å². The highest BCUT2D eigenvalue weighted by Crippen LogP contribution is 2.32. The Balaban J connectivity index is 0.000000153. The van der Waals surface area contributed by atoms with E-state index in [-0.39, 0.29) is 0 Å². The van der Waals surface area contributed by atoms with Crippen LogP contribution in [0.5, 0.6) is 0 Å². The van der Waals surface area contributed by atoms with E-state index in [1.807, 2.05) is 73.7 Å². The summed E-state index contributed by atoms with van der Waals surface area (Å²) in [6.45, 7) is 4.10. The molecule has 1 heterocycles. The maximum atomic E-state index is 9.07. The van der Waals surface area contributed by atoms with E-state index in [1.54, 1.807) is 6.07 Å². The summed E-state index contributed by atoms with van der Waals surface area (Å²) in [5.41, 5.74) is 18.4. The van der Waals surface area contributed by atoms with Crippen LogP contribution >= 0.6 is 0 Å². The van der Waals surface area contributed by atoms with E-state index >= 15 is 0 Å². The number of nitriles is 1. The molecule has 0 aliphatic rings. The first-order chi connectivity index (χ1) is 15.5. The van der Waals surface area contributed by atoms with Gasteiger partial charge in [-0.3, -0.25) is 0 Å². The first-order valence-electron chi connectivity index (χ1n) is 10.4. The number of benzene rings is 4. The highest BCUT2D eigenvalue weighted by Gasteiger charge is 2.09. The van der Waals surface area contributed by atoms with Crippen molar-refractivity contribution in [1.82, 2.24) is 4.98 Å². The Kier molecular flexibility index (Phi) is 5.74. The molecule has 0 unspecified atom stereocenters. The van der Waals surface area contributed by atoms with E-state index in [9.17, 15) is 0 Å². The summed E-state index contributed by atoms with van der Waals surface area (Å²) in [5, 5.41) is 12.5. The predicted octanol–water partition coefficient (Wildman–Crippen LogP) is 6.39. The maximum Gasteiger partial charge on any atom is 0.131 e. The quantitative estimate of drug-likeness (QED) is 0.245. The van der Waals surface area contributed by atoms with Gasteiger partial charge in [0.15, 0.2) is 0 Å². The number of hydrogen-bond acceptors (Lipinski definition) is 4. The molecule has 32 heavy (non-hydrogen) atoms. The molecular formula is C28H24N4. The summed E-state index contributed by atoms with van der Waals surface area (Å²) in [7, 11) is 0. The van der Waals surface area contributed by atoms with Crippen molar-refractivity contribution in [3.63, 3.8) is 0 Å². The lowest BCUT2D eigenvalue weighted by Gasteiger charge is -2.10. The van der Waals surface area contributed by atoms with Gasteiger partial charge in [-0.2, -0.15) is 5.26 Å². The number of aryl methyl sites for hydroxylation is 2. The zero-order valence-corrected chi connectivity index (χ0v) is 18.1. The van der Waals surface area contributed by atoms with Crippen molar-refractivity contribution in [2.45, 2.75) is 13.8 Å². The molecule has 1 aromatic heterocycles. The fourth-order valence-electron chi connectivity index (χ4n) is 4.07. The van der Waals surface area contributed by atoms with Crippen LogP contribution in [0.25, 0.3) is 32.8 Å². The fraction of sp³-hybridized carbons (Fsp3) is 0.0714. The van der Waals surface area contributed by atoms with E-state index < -0.39 is 0 Å². The standard InChI is InChI=1S/2C14H12N2/c1-9-5-4-8-12-13(9)10-6-2-3-7-11(10)14(15)16-12;1-10-5-4-8-13(16)14(10)12-7-3-2-6-11(12)9-15/h2-8H,1H3,(H2,15,16);2-8H,16H2,1H3. The molecule has 5 aromatic rings. The topological polar surface area (TPSA) is 88.7 Å². The van der Waals surface area contributed by atoms with Gasteiger partial charge < -0.3 is 11.5 Å². The molecular weight excluding hydrogens is 392 g/mol. The number of nitrogens with zero attached hydrogens (tertiary/aromatic N) is 2. The monoisotopic (exact) mass is 416 g/mol. The Morgan fingerprint density at radius 1 is 0.719 bits per heavy atom. The zero-order chi connectivity index (χ0) is 22.7.